The molecule has 0 spiro atoms. The lowest BCUT2D eigenvalue weighted by atomic mass is 10.2. The van der Waals surface area contributed by atoms with Crippen molar-refractivity contribution in [3.8, 4) is 0 Å². The van der Waals surface area contributed by atoms with E-state index in [2.05, 4.69) is 4.74 Å². The Hall–Kier alpha value is -0.690. The summed E-state index contributed by atoms with van der Waals surface area (Å²) in [6, 6.07) is 0. The van der Waals surface area contributed by atoms with Crippen molar-refractivity contribution < 1.29 is 24.5 Å². The van der Waals surface area contributed by atoms with Crippen molar-refractivity contribution in [3.63, 3.8) is 0 Å². The van der Waals surface area contributed by atoms with Gasteiger partial charge < -0.3 is 19.7 Å². The Bertz CT molecular complexity index is 211. The predicted molar refractivity (Wildman–Crippen MR) is 51.3 cm³/mol. The van der Waals surface area contributed by atoms with E-state index in [-0.39, 0.29) is 6.61 Å². The number of methoxy groups -OCH3 is 1. The molecule has 0 aromatic rings. The highest BCUT2D eigenvalue weighted by molar-refractivity contribution is 5.74. The van der Waals surface area contributed by atoms with Gasteiger partial charge in [0, 0.05) is 19.6 Å². The molecule has 1 saturated heterocycles. The number of hydrogen-bond acceptors (Lipinski definition) is 6. The van der Waals surface area contributed by atoms with Crippen LogP contribution in [0.1, 0.15) is 0 Å². The van der Waals surface area contributed by atoms with Crippen LogP contribution < -0.4 is 0 Å². The maximum absolute atomic E-state index is 11.2. The second-order valence-corrected chi connectivity index (χ2v) is 3.48. The normalized spacial score (nSPS) is 24.9. The third-order valence-electron chi connectivity index (χ3n) is 2.29. The van der Waals surface area contributed by atoms with E-state index in [0.29, 0.717) is 26.2 Å². The number of nitrogens with zero attached hydrogens (tertiary/aromatic N) is 1. The molecular formula is C9H17NO5. The van der Waals surface area contributed by atoms with Gasteiger partial charge in [-0.1, -0.05) is 0 Å². The van der Waals surface area contributed by atoms with Crippen LogP contribution in [0.2, 0.25) is 0 Å². The molecule has 0 aromatic carbocycles. The quantitative estimate of drug-likeness (QED) is 0.544. The van der Waals surface area contributed by atoms with E-state index in [4.69, 9.17) is 9.84 Å². The topological polar surface area (TPSA) is 79.2 Å². The Kier molecular flexibility index (Phi) is 4.97. The lowest BCUT2D eigenvalue weighted by Gasteiger charge is -2.32. The predicted octanol–water partition coefficient (Wildman–Crippen LogP) is -1.79. The molecule has 2 N–H and O–H groups in total. The van der Waals surface area contributed by atoms with Crippen LogP contribution in [0.3, 0.4) is 0 Å². The van der Waals surface area contributed by atoms with E-state index < -0.39 is 18.2 Å². The van der Waals surface area contributed by atoms with Crippen LogP contribution in [-0.4, -0.2) is 73.2 Å². The number of aliphatic hydroxyl groups excluding tert-OH is 2. The van der Waals surface area contributed by atoms with Crippen molar-refractivity contribution >= 4 is 5.97 Å². The zero-order chi connectivity index (χ0) is 11.3. The van der Waals surface area contributed by atoms with Gasteiger partial charge in [-0.2, -0.15) is 0 Å². The minimum atomic E-state index is -0.776. The average molecular weight is 219 g/mol. The molecule has 1 rings (SSSR count). The zero-order valence-corrected chi connectivity index (χ0v) is 8.76. The summed E-state index contributed by atoms with van der Waals surface area (Å²) in [6.45, 7) is 1.53. The lowest BCUT2D eigenvalue weighted by molar-refractivity contribution is -0.160. The summed E-state index contributed by atoms with van der Waals surface area (Å²) in [5.74, 6) is -0.404. The fourth-order valence-electron chi connectivity index (χ4n) is 1.50. The van der Waals surface area contributed by atoms with Crippen molar-refractivity contribution in [2.24, 2.45) is 0 Å². The minimum Gasteiger partial charge on any atom is -0.467 e. The van der Waals surface area contributed by atoms with Crippen LogP contribution >= 0.6 is 0 Å². The van der Waals surface area contributed by atoms with Crippen LogP contribution in [0.15, 0.2) is 0 Å². The molecule has 0 aromatic heterocycles. The maximum atomic E-state index is 11.2. The second kappa shape index (κ2) is 6.02. The number of aliphatic hydroxyl groups is 2. The number of carbonyl (C=O) groups is 1. The van der Waals surface area contributed by atoms with Gasteiger partial charge in [-0.05, 0) is 0 Å². The average Bonchev–Trinajstić information content (AvgIpc) is 2.28. The first kappa shape index (κ1) is 12.4. The van der Waals surface area contributed by atoms with E-state index in [9.17, 15) is 9.90 Å². The number of esters is 1. The van der Waals surface area contributed by atoms with Gasteiger partial charge in [-0.15, -0.1) is 0 Å². The van der Waals surface area contributed by atoms with Gasteiger partial charge >= 0.3 is 5.97 Å². The third kappa shape index (κ3) is 3.75. The number of hydrogen-bond donors (Lipinski definition) is 2. The summed E-state index contributed by atoms with van der Waals surface area (Å²) in [5, 5.41) is 17.9. The van der Waals surface area contributed by atoms with Gasteiger partial charge in [-0.25, -0.2) is 4.79 Å². The molecule has 0 bridgehead atoms. The van der Waals surface area contributed by atoms with Crippen molar-refractivity contribution in [2.75, 3.05) is 40.0 Å². The molecule has 2 atom stereocenters. The highest BCUT2D eigenvalue weighted by Crippen LogP contribution is 2.07. The summed E-state index contributed by atoms with van der Waals surface area (Å²) < 4.78 is 9.78. The summed E-state index contributed by atoms with van der Waals surface area (Å²) in [5.41, 5.74) is 0. The fourth-order valence-corrected chi connectivity index (χ4v) is 1.50. The molecular weight excluding hydrogens is 202 g/mol. The zero-order valence-electron chi connectivity index (χ0n) is 8.76. The van der Waals surface area contributed by atoms with Crippen molar-refractivity contribution in [2.45, 2.75) is 12.2 Å². The van der Waals surface area contributed by atoms with Crippen molar-refractivity contribution in [3.05, 3.63) is 0 Å². The maximum Gasteiger partial charge on any atom is 0.336 e. The number of ether oxygens (including phenoxy) is 2. The first-order valence-corrected chi connectivity index (χ1v) is 4.88. The Balaban J connectivity index is 2.38. The summed E-state index contributed by atoms with van der Waals surface area (Å²) in [7, 11) is 1.31. The SMILES string of the molecule is COC(=O)C1CN(CC(O)CO)CCO1. The number of rotatable bonds is 4. The van der Waals surface area contributed by atoms with Gasteiger partial charge in [0.1, 0.15) is 0 Å². The number of morpholine rings is 1. The first-order chi connectivity index (χ1) is 7.17. The van der Waals surface area contributed by atoms with Crippen LogP contribution in [0.25, 0.3) is 0 Å². The molecule has 1 heterocycles. The summed E-state index contributed by atoms with van der Waals surface area (Å²) >= 11 is 0. The largest absolute Gasteiger partial charge is 0.467 e. The number of β-amino-alcohol motifs (C(OH)–C–C–N with tert-alkyl or cyclic N) is 1. The molecule has 2 unspecified atom stereocenters. The van der Waals surface area contributed by atoms with Crippen molar-refractivity contribution in [1.82, 2.24) is 4.90 Å². The molecule has 1 fully saturated rings. The van der Waals surface area contributed by atoms with Gasteiger partial charge in [0.05, 0.1) is 26.4 Å². The molecule has 6 nitrogen and oxygen atoms in total. The monoisotopic (exact) mass is 219 g/mol. The molecule has 1 aliphatic heterocycles. The Morgan fingerprint density at radius 2 is 2.47 bits per heavy atom. The smallest absolute Gasteiger partial charge is 0.336 e. The Morgan fingerprint density at radius 3 is 3.07 bits per heavy atom. The van der Waals surface area contributed by atoms with Gasteiger partial charge in [0.2, 0.25) is 0 Å². The minimum absolute atomic E-state index is 0.278. The fraction of sp³-hybridized carbons (Fsp3) is 0.889. The van der Waals surface area contributed by atoms with Crippen LogP contribution in [0, 0.1) is 0 Å². The van der Waals surface area contributed by atoms with Crippen molar-refractivity contribution in [1.29, 1.82) is 0 Å². The number of carbonyl (C=O) groups excluding carboxylic acids is 1. The summed E-state index contributed by atoms with van der Waals surface area (Å²) in [6.07, 6.45) is -1.36. The van der Waals surface area contributed by atoms with E-state index in [1.165, 1.54) is 7.11 Å². The molecule has 1 aliphatic rings. The highest BCUT2D eigenvalue weighted by Gasteiger charge is 2.27. The second-order valence-electron chi connectivity index (χ2n) is 3.48. The molecule has 15 heavy (non-hydrogen) atoms. The molecule has 0 aliphatic carbocycles. The Labute approximate surface area is 88.4 Å². The standard InChI is InChI=1S/C9H17NO5/c1-14-9(13)8-5-10(2-3-15-8)4-7(12)6-11/h7-8,11-12H,2-6H2,1H3. The molecule has 6 heteroatoms. The van der Waals surface area contributed by atoms with Crippen LogP contribution in [0.4, 0.5) is 0 Å². The molecule has 88 valence electrons. The van der Waals surface area contributed by atoms with E-state index in [0.717, 1.165) is 0 Å². The van der Waals surface area contributed by atoms with E-state index in [1.54, 1.807) is 0 Å². The van der Waals surface area contributed by atoms with Gasteiger partial charge in [-0.3, -0.25) is 4.90 Å². The molecule has 0 amide bonds. The molecule has 0 radical (unpaired) electrons. The van der Waals surface area contributed by atoms with Crippen LogP contribution in [-0.2, 0) is 14.3 Å². The first-order valence-electron chi connectivity index (χ1n) is 4.88. The lowest BCUT2D eigenvalue weighted by Crippen LogP contribution is -2.49. The van der Waals surface area contributed by atoms with E-state index in [1.807, 2.05) is 4.90 Å². The Morgan fingerprint density at radius 1 is 1.73 bits per heavy atom. The highest BCUT2D eigenvalue weighted by atomic mass is 16.6. The van der Waals surface area contributed by atoms with Crippen LogP contribution in [0.5, 0.6) is 0 Å². The summed E-state index contributed by atoms with van der Waals surface area (Å²) in [4.78, 5) is 13.0. The van der Waals surface area contributed by atoms with Gasteiger partial charge in [0.25, 0.3) is 0 Å². The molecule has 0 saturated carbocycles. The third-order valence-corrected chi connectivity index (χ3v) is 2.29. The van der Waals surface area contributed by atoms with Gasteiger partial charge in [0.15, 0.2) is 6.10 Å². The van der Waals surface area contributed by atoms with E-state index >= 15 is 0 Å².